The van der Waals surface area contributed by atoms with Gasteiger partial charge in [0.15, 0.2) is 0 Å². The van der Waals surface area contributed by atoms with Crippen molar-refractivity contribution < 1.29 is 27.1 Å². The van der Waals surface area contributed by atoms with E-state index in [2.05, 4.69) is 15.3 Å². The molecule has 4 N–H and O–H groups in total. The second-order valence-electron chi connectivity index (χ2n) is 7.21. The van der Waals surface area contributed by atoms with Crippen molar-refractivity contribution in [2.45, 2.75) is 42.9 Å². The van der Waals surface area contributed by atoms with Crippen molar-refractivity contribution in [3.63, 3.8) is 0 Å². The molecule has 0 amide bonds. The maximum atomic E-state index is 13.5. The third kappa shape index (κ3) is 5.10. The zero-order chi connectivity index (χ0) is 22.1. The lowest BCUT2D eigenvalue weighted by Gasteiger charge is -2.37. The second kappa shape index (κ2) is 8.52. The molecule has 0 aliphatic carbocycles. The van der Waals surface area contributed by atoms with E-state index >= 15 is 0 Å². The first-order chi connectivity index (χ1) is 14.0. The molecule has 2 heterocycles. The molecule has 6 nitrogen and oxygen atoms in total. The SMILES string of the molecule is CC1(O)CCN(c2nc(Nc3ccc(SN)cc3C(F)F)ncc2C(F)(F)F)CC1. The van der Waals surface area contributed by atoms with Crippen LogP contribution in [-0.4, -0.2) is 33.8 Å². The summed E-state index contributed by atoms with van der Waals surface area (Å²) in [6, 6.07) is 4.03. The van der Waals surface area contributed by atoms with Gasteiger partial charge < -0.3 is 15.3 Å². The van der Waals surface area contributed by atoms with Gasteiger partial charge in [-0.05, 0) is 49.9 Å². The van der Waals surface area contributed by atoms with E-state index in [-0.39, 0.29) is 48.9 Å². The van der Waals surface area contributed by atoms with Gasteiger partial charge in [-0.3, -0.25) is 5.14 Å². The summed E-state index contributed by atoms with van der Waals surface area (Å²) in [5.74, 6) is -0.603. The molecule has 0 bridgehead atoms. The van der Waals surface area contributed by atoms with Crippen LogP contribution in [0.4, 0.5) is 39.4 Å². The lowest BCUT2D eigenvalue weighted by atomic mass is 9.94. The quantitative estimate of drug-likeness (QED) is 0.458. The van der Waals surface area contributed by atoms with Crippen LogP contribution in [-0.2, 0) is 6.18 Å². The van der Waals surface area contributed by atoms with Crippen molar-refractivity contribution in [2.24, 2.45) is 5.14 Å². The summed E-state index contributed by atoms with van der Waals surface area (Å²) in [6.45, 7) is 1.95. The minimum Gasteiger partial charge on any atom is -0.390 e. The van der Waals surface area contributed by atoms with Gasteiger partial charge in [-0.25, -0.2) is 13.8 Å². The first kappa shape index (κ1) is 22.5. The smallest absolute Gasteiger partial charge is 0.390 e. The minimum absolute atomic E-state index is 0.0323. The van der Waals surface area contributed by atoms with Crippen molar-refractivity contribution in [3.05, 3.63) is 35.5 Å². The number of aliphatic hydroxyl groups is 1. The van der Waals surface area contributed by atoms with Crippen LogP contribution in [0.2, 0.25) is 0 Å². The molecule has 0 radical (unpaired) electrons. The van der Waals surface area contributed by atoms with Crippen molar-refractivity contribution in [1.29, 1.82) is 0 Å². The van der Waals surface area contributed by atoms with Gasteiger partial charge in [-0.15, -0.1) is 0 Å². The Labute approximate surface area is 173 Å². The molecule has 164 valence electrons. The molecule has 1 saturated heterocycles. The van der Waals surface area contributed by atoms with Crippen LogP contribution in [0.5, 0.6) is 0 Å². The molecule has 0 atom stereocenters. The lowest BCUT2D eigenvalue weighted by molar-refractivity contribution is -0.137. The summed E-state index contributed by atoms with van der Waals surface area (Å²) < 4.78 is 67.2. The Bertz CT molecular complexity index is 899. The van der Waals surface area contributed by atoms with E-state index < -0.39 is 23.8 Å². The molecule has 1 aliphatic rings. The van der Waals surface area contributed by atoms with Gasteiger partial charge in [-0.1, -0.05) is 0 Å². The van der Waals surface area contributed by atoms with E-state index in [4.69, 9.17) is 5.14 Å². The topological polar surface area (TPSA) is 87.3 Å². The third-order valence-corrected chi connectivity index (χ3v) is 5.38. The summed E-state index contributed by atoms with van der Waals surface area (Å²) in [7, 11) is 0. The minimum atomic E-state index is -4.69. The van der Waals surface area contributed by atoms with Crippen LogP contribution < -0.4 is 15.4 Å². The molecule has 1 aromatic heterocycles. The number of nitrogens with one attached hydrogen (secondary N) is 1. The monoisotopic (exact) mass is 449 g/mol. The van der Waals surface area contributed by atoms with Gasteiger partial charge in [-0.2, -0.15) is 18.2 Å². The number of nitrogens with zero attached hydrogens (tertiary/aromatic N) is 3. The number of halogens is 5. The fourth-order valence-electron chi connectivity index (χ4n) is 3.10. The van der Waals surface area contributed by atoms with Crippen molar-refractivity contribution >= 4 is 29.4 Å². The first-order valence-corrected chi connectivity index (χ1v) is 9.85. The highest BCUT2D eigenvalue weighted by Crippen LogP contribution is 2.38. The van der Waals surface area contributed by atoms with Gasteiger partial charge in [0.1, 0.15) is 11.4 Å². The number of hydrogen-bond acceptors (Lipinski definition) is 7. The van der Waals surface area contributed by atoms with Crippen LogP contribution in [0.15, 0.2) is 29.3 Å². The highest BCUT2D eigenvalue weighted by molar-refractivity contribution is 7.97. The van der Waals surface area contributed by atoms with Crippen molar-refractivity contribution in [3.8, 4) is 0 Å². The van der Waals surface area contributed by atoms with Crippen molar-refractivity contribution in [2.75, 3.05) is 23.3 Å². The molecule has 0 spiro atoms. The Kier molecular flexibility index (Phi) is 6.39. The van der Waals surface area contributed by atoms with Crippen LogP contribution >= 0.6 is 11.9 Å². The second-order valence-corrected chi connectivity index (χ2v) is 7.91. The number of piperidine rings is 1. The van der Waals surface area contributed by atoms with E-state index in [1.165, 1.54) is 23.1 Å². The molecular formula is C18H20F5N5OS. The summed E-state index contributed by atoms with van der Waals surface area (Å²) in [5, 5.41) is 18.0. The summed E-state index contributed by atoms with van der Waals surface area (Å²) in [4.78, 5) is 9.47. The average Bonchev–Trinajstić information content (AvgIpc) is 2.67. The van der Waals surface area contributed by atoms with Gasteiger partial charge in [0.2, 0.25) is 5.95 Å². The van der Waals surface area contributed by atoms with Gasteiger partial charge in [0.25, 0.3) is 6.43 Å². The number of nitrogens with two attached hydrogens (primary N) is 1. The Morgan fingerprint density at radius 2 is 1.93 bits per heavy atom. The van der Waals surface area contributed by atoms with E-state index in [9.17, 15) is 27.1 Å². The molecule has 0 saturated carbocycles. The van der Waals surface area contributed by atoms with E-state index in [0.29, 0.717) is 11.1 Å². The molecule has 1 aromatic carbocycles. The van der Waals surface area contributed by atoms with Crippen LogP contribution in [0.1, 0.15) is 37.3 Å². The van der Waals surface area contributed by atoms with Crippen LogP contribution in [0.25, 0.3) is 0 Å². The molecule has 1 aliphatic heterocycles. The third-order valence-electron chi connectivity index (χ3n) is 4.85. The number of benzene rings is 1. The molecule has 2 aromatic rings. The zero-order valence-corrected chi connectivity index (χ0v) is 16.7. The van der Waals surface area contributed by atoms with Crippen LogP contribution in [0.3, 0.4) is 0 Å². The predicted octanol–water partition coefficient (Wildman–Crippen LogP) is 4.49. The van der Waals surface area contributed by atoms with Gasteiger partial charge >= 0.3 is 6.18 Å². The molecular weight excluding hydrogens is 429 g/mol. The Hall–Kier alpha value is -2.18. The summed E-state index contributed by atoms with van der Waals surface area (Å²) >= 11 is 0.797. The Morgan fingerprint density at radius 3 is 2.50 bits per heavy atom. The van der Waals surface area contributed by atoms with E-state index in [1.54, 1.807) is 6.92 Å². The van der Waals surface area contributed by atoms with Crippen molar-refractivity contribution in [1.82, 2.24) is 9.97 Å². The van der Waals surface area contributed by atoms with Gasteiger partial charge in [0.05, 0.1) is 5.60 Å². The maximum Gasteiger partial charge on any atom is 0.421 e. The maximum absolute atomic E-state index is 13.5. The number of alkyl halides is 5. The van der Waals surface area contributed by atoms with E-state index in [1.807, 2.05) is 0 Å². The first-order valence-electron chi connectivity index (χ1n) is 8.97. The number of aromatic nitrogens is 2. The predicted molar refractivity (Wildman–Crippen MR) is 104 cm³/mol. The summed E-state index contributed by atoms with van der Waals surface area (Å²) in [6.07, 6.45) is -6.36. The zero-order valence-electron chi connectivity index (χ0n) is 15.9. The van der Waals surface area contributed by atoms with Gasteiger partial charge in [0, 0.05) is 35.4 Å². The normalized spacial score (nSPS) is 16.8. The Morgan fingerprint density at radius 1 is 1.27 bits per heavy atom. The molecule has 12 heteroatoms. The standard InChI is InChI=1S/C18H20F5N5OS/c1-17(29)4-6-28(7-5-17)15-12(18(21,22)23)9-25-16(27-15)26-13-3-2-10(30-24)8-11(13)14(19)20/h2-3,8-9,14,29H,4-7,24H2,1H3,(H,25,26,27). The fraction of sp³-hybridized carbons (Fsp3) is 0.444. The fourth-order valence-corrected chi connectivity index (χ4v) is 3.44. The molecule has 30 heavy (non-hydrogen) atoms. The number of rotatable bonds is 5. The highest BCUT2D eigenvalue weighted by Gasteiger charge is 2.38. The van der Waals surface area contributed by atoms with Crippen LogP contribution in [0, 0.1) is 0 Å². The summed E-state index contributed by atoms with van der Waals surface area (Å²) in [5.41, 5.74) is -2.39. The highest BCUT2D eigenvalue weighted by atomic mass is 32.2. The molecule has 1 fully saturated rings. The lowest BCUT2D eigenvalue weighted by Crippen LogP contribution is -2.43. The molecule has 3 rings (SSSR count). The Balaban J connectivity index is 1.96. The van der Waals surface area contributed by atoms with E-state index in [0.717, 1.165) is 11.9 Å². The largest absolute Gasteiger partial charge is 0.421 e. The number of anilines is 3. The molecule has 0 unspecified atom stereocenters. The number of hydrogen-bond donors (Lipinski definition) is 3. The average molecular weight is 449 g/mol.